The summed E-state index contributed by atoms with van der Waals surface area (Å²) in [6.07, 6.45) is 2.04. The molecule has 0 spiro atoms. The van der Waals surface area contributed by atoms with Crippen LogP contribution < -0.4 is 11.1 Å². The fraction of sp³-hybridized carbons (Fsp3) is 0.357. The predicted molar refractivity (Wildman–Crippen MR) is 77.1 cm³/mol. The number of nitrogens with one attached hydrogen (secondary N) is 1. The summed E-state index contributed by atoms with van der Waals surface area (Å²) in [5.41, 5.74) is 6.91. The minimum atomic E-state index is -0.465. The molecule has 2 aromatic rings. The maximum absolute atomic E-state index is 14.1. The second-order valence-electron chi connectivity index (χ2n) is 4.53. The van der Waals surface area contributed by atoms with Crippen LogP contribution in [-0.2, 0) is 4.74 Å². The number of nitrogens with two attached hydrogens (primary N) is 1. The number of ether oxygens (including phenoxy) is 1. The predicted octanol–water partition coefficient (Wildman–Crippen LogP) is 1.77. The smallest absolute Gasteiger partial charge is 0.150 e. The van der Waals surface area contributed by atoms with Crippen LogP contribution in [0.3, 0.4) is 0 Å². The maximum Gasteiger partial charge on any atom is 0.150 e. The van der Waals surface area contributed by atoms with Crippen LogP contribution in [0.4, 0.5) is 15.8 Å². The monoisotopic (exact) mass is 279 g/mol. The van der Waals surface area contributed by atoms with Crippen LogP contribution >= 0.6 is 0 Å². The van der Waals surface area contributed by atoms with E-state index in [4.69, 9.17) is 15.6 Å². The van der Waals surface area contributed by atoms with Crippen LogP contribution in [0, 0.1) is 5.82 Å². The third kappa shape index (κ3) is 2.97. The van der Waals surface area contributed by atoms with E-state index in [9.17, 15) is 4.39 Å². The second kappa shape index (κ2) is 6.49. The number of aromatic nitrogens is 1. The molecule has 0 aliphatic carbocycles. The van der Waals surface area contributed by atoms with Gasteiger partial charge < -0.3 is 20.9 Å². The number of rotatable bonds is 6. The summed E-state index contributed by atoms with van der Waals surface area (Å²) in [7, 11) is 1.56. The number of fused-ring (bicyclic) bond motifs is 1. The van der Waals surface area contributed by atoms with Gasteiger partial charge in [0.05, 0.1) is 23.9 Å². The SMILES string of the molecule is COCC(CCO)Nc1c(F)cc(N)c2cccnc12. The zero-order valence-electron chi connectivity index (χ0n) is 11.3. The molecule has 1 atom stereocenters. The molecule has 1 aromatic carbocycles. The van der Waals surface area contributed by atoms with Gasteiger partial charge in [-0.05, 0) is 24.6 Å². The number of hydrogen-bond acceptors (Lipinski definition) is 5. The summed E-state index contributed by atoms with van der Waals surface area (Å²) in [5.74, 6) is -0.465. The summed E-state index contributed by atoms with van der Waals surface area (Å²) in [6, 6.07) is 4.61. The van der Waals surface area contributed by atoms with Gasteiger partial charge in [-0.15, -0.1) is 0 Å². The van der Waals surface area contributed by atoms with E-state index in [2.05, 4.69) is 10.3 Å². The van der Waals surface area contributed by atoms with Crippen molar-refractivity contribution in [3.63, 3.8) is 0 Å². The fourth-order valence-electron chi connectivity index (χ4n) is 2.13. The van der Waals surface area contributed by atoms with Crippen molar-refractivity contribution in [1.29, 1.82) is 0 Å². The first-order valence-corrected chi connectivity index (χ1v) is 6.36. The topological polar surface area (TPSA) is 80.4 Å². The van der Waals surface area contributed by atoms with Crippen molar-refractivity contribution in [3.05, 3.63) is 30.2 Å². The Morgan fingerprint density at radius 3 is 3.05 bits per heavy atom. The first-order chi connectivity index (χ1) is 9.67. The average molecular weight is 279 g/mol. The fourth-order valence-corrected chi connectivity index (χ4v) is 2.13. The summed E-state index contributed by atoms with van der Waals surface area (Å²) in [5, 5.41) is 12.8. The molecular formula is C14H18FN3O2. The Morgan fingerprint density at radius 1 is 1.55 bits per heavy atom. The van der Waals surface area contributed by atoms with Crippen molar-refractivity contribution in [1.82, 2.24) is 4.98 Å². The standard InChI is InChI=1S/C14H18FN3O2/c1-20-8-9(4-6-19)18-14-11(15)7-12(16)10-3-2-5-17-13(10)14/h2-3,5,7,9,18-19H,4,6,8,16H2,1H3. The normalized spacial score (nSPS) is 12.6. The number of aliphatic hydroxyl groups excluding tert-OH is 1. The van der Waals surface area contributed by atoms with Crippen molar-refractivity contribution in [3.8, 4) is 0 Å². The largest absolute Gasteiger partial charge is 0.398 e. The summed E-state index contributed by atoms with van der Waals surface area (Å²) >= 11 is 0. The van der Waals surface area contributed by atoms with Gasteiger partial charge in [0.1, 0.15) is 0 Å². The quantitative estimate of drug-likeness (QED) is 0.702. The van der Waals surface area contributed by atoms with Gasteiger partial charge in [-0.25, -0.2) is 4.39 Å². The molecule has 0 fully saturated rings. The van der Waals surface area contributed by atoms with E-state index in [1.165, 1.54) is 6.07 Å². The minimum absolute atomic E-state index is 0.0109. The molecule has 20 heavy (non-hydrogen) atoms. The minimum Gasteiger partial charge on any atom is -0.398 e. The lowest BCUT2D eigenvalue weighted by molar-refractivity contribution is 0.170. The van der Waals surface area contributed by atoms with Gasteiger partial charge in [-0.3, -0.25) is 4.98 Å². The Morgan fingerprint density at radius 2 is 2.35 bits per heavy atom. The molecule has 2 rings (SSSR count). The summed E-state index contributed by atoms with van der Waals surface area (Å²) < 4.78 is 19.2. The van der Waals surface area contributed by atoms with Gasteiger partial charge in [0, 0.05) is 31.0 Å². The van der Waals surface area contributed by atoms with Crippen LogP contribution in [0.1, 0.15) is 6.42 Å². The van der Waals surface area contributed by atoms with Crippen LogP contribution in [0.15, 0.2) is 24.4 Å². The van der Waals surface area contributed by atoms with Crippen LogP contribution in [-0.4, -0.2) is 36.5 Å². The van der Waals surface area contributed by atoms with Crippen molar-refractivity contribution >= 4 is 22.3 Å². The zero-order chi connectivity index (χ0) is 14.5. The Kier molecular flexibility index (Phi) is 4.70. The molecule has 1 aromatic heterocycles. The second-order valence-corrected chi connectivity index (χ2v) is 4.53. The molecule has 0 bridgehead atoms. The number of methoxy groups -OCH3 is 1. The molecule has 0 aliphatic heterocycles. The molecule has 108 valence electrons. The van der Waals surface area contributed by atoms with Gasteiger partial charge in [0.2, 0.25) is 0 Å². The molecule has 0 aliphatic rings. The highest BCUT2D eigenvalue weighted by atomic mass is 19.1. The Hall–Kier alpha value is -1.92. The highest BCUT2D eigenvalue weighted by Crippen LogP contribution is 2.30. The summed E-state index contributed by atoms with van der Waals surface area (Å²) in [4.78, 5) is 4.19. The van der Waals surface area contributed by atoms with Crippen molar-refractivity contribution in [2.75, 3.05) is 31.4 Å². The number of anilines is 2. The van der Waals surface area contributed by atoms with Crippen molar-refractivity contribution in [2.24, 2.45) is 0 Å². The highest BCUT2D eigenvalue weighted by molar-refractivity contribution is 5.98. The molecule has 4 N–H and O–H groups in total. The van der Waals surface area contributed by atoms with Gasteiger partial charge in [-0.2, -0.15) is 0 Å². The van der Waals surface area contributed by atoms with E-state index in [1.54, 1.807) is 25.4 Å². The molecule has 0 saturated heterocycles. The number of nitrogen functional groups attached to an aromatic ring is 1. The molecular weight excluding hydrogens is 261 g/mol. The molecule has 5 nitrogen and oxygen atoms in total. The summed E-state index contributed by atoms with van der Waals surface area (Å²) in [6.45, 7) is 0.349. The van der Waals surface area contributed by atoms with Crippen LogP contribution in [0.2, 0.25) is 0 Å². The molecule has 0 radical (unpaired) electrons. The molecule has 0 saturated carbocycles. The highest BCUT2D eigenvalue weighted by Gasteiger charge is 2.16. The van der Waals surface area contributed by atoms with Gasteiger partial charge in [0.15, 0.2) is 5.82 Å². The number of pyridine rings is 1. The Labute approximate surface area is 116 Å². The number of halogens is 1. The maximum atomic E-state index is 14.1. The lowest BCUT2D eigenvalue weighted by Crippen LogP contribution is -2.27. The van der Waals surface area contributed by atoms with E-state index in [0.717, 1.165) is 0 Å². The molecule has 1 heterocycles. The van der Waals surface area contributed by atoms with Crippen LogP contribution in [0.25, 0.3) is 10.9 Å². The Bertz CT molecular complexity index is 586. The first-order valence-electron chi connectivity index (χ1n) is 6.36. The van der Waals surface area contributed by atoms with E-state index in [-0.39, 0.29) is 18.3 Å². The molecule has 1 unspecified atom stereocenters. The molecule has 6 heteroatoms. The van der Waals surface area contributed by atoms with Crippen molar-refractivity contribution in [2.45, 2.75) is 12.5 Å². The third-order valence-corrected chi connectivity index (χ3v) is 3.07. The van der Waals surface area contributed by atoms with Gasteiger partial charge in [-0.1, -0.05) is 0 Å². The first kappa shape index (κ1) is 14.5. The zero-order valence-corrected chi connectivity index (χ0v) is 11.3. The van der Waals surface area contributed by atoms with E-state index >= 15 is 0 Å². The number of nitrogens with zero attached hydrogens (tertiary/aromatic N) is 1. The number of benzene rings is 1. The lowest BCUT2D eigenvalue weighted by Gasteiger charge is -2.20. The average Bonchev–Trinajstić information content (AvgIpc) is 2.44. The number of aliphatic hydroxyl groups is 1. The van der Waals surface area contributed by atoms with Crippen LogP contribution in [0.5, 0.6) is 0 Å². The van der Waals surface area contributed by atoms with Crippen molar-refractivity contribution < 1.29 is 14.2 Å². The molecule has 0 amide bonds. The van der Waals surface area contributed by atoms with Gasteiger partial charge in [0.25, 0.3) is 0 Å². The lowest BCUT2D eigenvalue weighted by atomic mass is 10.1. The number of hydrogen-bond donors (Lipinski definition) is 3. The van der Waals surface area contributed by atoms with E-state index < -0.39 is 5.82 Å². The van der Waals surface area contributed by atoms with E-state index in [1.807, 2.05) is 0 Å². The van der Waals surface area contributed by atoms with E-state index in [0.29, 0.717) is 29.6 Å². The van der Waals surface area contributed by atoms with Gasteiger partial charge >= 0.3 is 0 Å². The third-order valence-electron chi connectivity index (χ3n) is 3.07. The Balaban J connectivity index is 2.42.